The SMILES string of the molecule is CCCOc1ccc(CN(C(=O)COc2ccc(CNCCc3ccc(Cl)cc3)cc2)C2CCCCNC2=O)cc1C. The molecule has 0 saturated carbocycles. The number of ether oxygens (including phenoxy) is 2. The average molecular weight is 592 g/mol. The molecular weight excluding hydrogens is 550 g/mol. The van der Waals surface area contributed by atoms with E-state index in [0.29, 0.717) is 31.9 Å². The third-order valence-electron chi connectivity index (χ3n) is 7.38. The second kappa shape index (κ2) is 16.2. The molecule has 0 radical (unpaired) electrons. The van der Waals surface area contributed by atoms with Crippen molar-refractivity contribution < 1.29 is 19.1 Å². The first-order valence-corrected chi connectivity index (χ1v) is 15.3. The minimum Gasteiger partial charge on any atom is -0.493 e. The molecule has 0 bridgehead atoms. The maximum absolute atomic E-state index is 13.5. The quantitative estimate of drug-likeness (QED) is 0.230. The van der Waals surface area contributed by atoms with Gasteiger partial charge in [0.05, 0.1) is 6.61 Å². The molecule has 1 atom stereocenters. The largest absolute Gasteiger partial charge is 0.493 e. The number of hydrogen-bond donors (Lipinski definition) is 2. The molecule has 3 aromatic carbocycles. The van der Waals surface area contributed by atoms with E-state index in [2.05, 4.69) is 17.6 Å². The van der Waals surface area contributed by atoms with E-state index in [4.69, 9.17) is 21.1 Å². The highest BCUT2D eigenvalue weighted by molar-refractivity contribution is 6.30. The highest BCUT2D eigenvalue weighted by atomic mass is 35.5. The van der Waals surface area contributed by atoms with E-state index < -0.39 is 6.04 Å². The molecule has 0 aliphatic carbocycles. The number of aryl methyl sites for hydroxylation is 1. The Morgan fingerprint density at radius 3 is 2.48 bits per heavy atom. The second-order valence-corrected chi connectivity index (χ2v) is 11.2. The predicted molar refractivity (Wildman–Crippen MR) is 167 cm³/mol. The van der Waals surface area contributed by atoms with Crippen LogP contribution in [0.5, 0.6) is 11.5 Å². The van der Waals surface area contributed by atoms with Gasteiger partial charge in [0.25, 0.3) is 5.91 Å². The lowest BCUT2D eigenvalue weighted by atomic mass is 10.1. The molecule has 1 fully saturated rings. The molecule has 1 aliphatic rings. The van der Waals surface area contributed by atoms with Gasteiger partial charge in [0.2, 0.25) is 5.91 Å². The number of carbonyl (C=O) groups is 2. The fraction of sp³-hybridized carbons (Fsp3) is 0.412. The fourth-order valence-electron chi connectivity index (χ4n) is 5.02. The molecule has 2 amide bonds. The number of rotatable bonds is 14. The summed E-state index contributed by atoms with van der Waals surface area (Å²) in [5, 5.41) is 7.17. The molecule has 7 nitrogen and oxygen atoms in total. The molecule has 1 unspecified atom stereocenters. The van der Waals surface area contributed by atoms with E-state index >= 15 is 0 Å². The smallest absolute Gasteiger partial charge is 0.261 e. The average Bonchev–Trinajstić information content (AvgIpc) is 3.22. The Bertz CT molecular complexity index is 1300. The summed E-state index contributed by atoms with van der Waals surface area (Å²) in [5.74, 6) is 1.14. The molecule has 224 valence electrons. The zero-order chi connectivity index (χ0) is 29.7. The second-order valence-electron chi connectivity index (χ2n) is 10.8. The highest BCUT2D eigenvalue weighted by Gasteiger charge is 2.31. The lowest BCUT2D eigenvalue weighted by Gasteiger charge is -2.30. The first-order chi connectivity index (χ1) is 20.4. The number of halogens is 1. The molecule has 1 heterocycles. The van der Waals surface area contributed by atoms with Gasteiger partial charge in [-0.3, -0.25) is 9.59 Å². The van der Waals surface area contributed by atoms with E-state index in [1.54, 1.807) is 4.90 Å². The summed E-state index contributed by atoms with van der Waals surface area (Å²) in [5.41, 5.74) is 4.33. The van der Waals surface area contributed by atoms with Crippen LogP contribution in [0.4, 0.5) is 0 Å². The minimum absolute atomic E-state index is 0.103. The van der Waals surface area contributed by atoms with Crippen molar-refractivity contribution in [3.63, 3.8) is 0 Å². The first kappa shape index (κ1) is 31.4. The van der Waals surface area contributed by atoms with Crippen LogP contribution >= 0.6 is 11.6 Å². The zero-order valence-corrected chi connectivity index (χ0v) is 25.4. The fourth-order valence-corrected chi connectivity index (χ4v) is 5.15. The molecule has 8 heteroatoms. The molecule has 3 aromatic rings. The number of benzene rings is 3. The van der Waals surface area contributed by atoms with Gasteiger partial charge >= 0.3 is 0 Å². The molecular formula is C34H42ClN3O4. The predicted octanol–water partition coefficient (Wildman–Crippen LogP) is 5.85. The van der Waals surface area contributed by atoms with Gasteiger partial charge < -0.3 is 25.0 Å². The summed E-state index contributed by atoms with van der Waals surface area (Å²) in [6, 6.07) is 21.1. The molecule has 2 N–H and O–H groups in total. The Balaban J connectivity index is 1.33. The van der Waals surface area contributed by atoms with Crippen molar-refractivity contribution in [2.75, 3.05) is 26.3 Å². The third-order valence-corrected chi connectivity index (χ3v) is 7.63. The van der Waals surface area contributed by atoms with Gasteiger partial charge in [-0.05, 0) is 98.2 Å². The Morgan fingerprint density at radius 1 is 1.00 bits per heavy atom. The highest BCUT2D eigenvalue weighted by Crippen LogP contribution is 2.23. The summed E-state index contributed by atoms with van der Waals surface area (Å²) in [6.45, 7) is 7.15. The van der Waals surface area contributed by atoms with Crippen molar-refractivity contribution in [3.05, 3.63) is 94.0 Å². The lowest BCUT2D eigenvalue weighted by molar-refractivity contribution is -0.142. The van der Waals surface area contributed by atoms with Gasteiger partial charge in [-0.15, -0.1) is 0 Å². The van der Waals surface area contributed by atoms with Crippen molar-refractivity contribution >= 4 is 23.4 Å². The molecule has 1 aliphatic heterocycles. The Labute approximate surface area is 254 Å². The summed E-state index contributed by atoms with van der Waals surface area (Å²) in [4.78, 5) is 28.1. The number of nitrogens with zero attached hydrogens (tertiary/aromatic N) is 1. The Kier molecular flexibility index (Phi) is 12.1. The van der Waals surface area contributed by atoms with Crippen LogP contribution in [-0.2, 0) is 29.1 Å². The minimum atomic E-state index is -0.527. The third kappa shape index (κ3) is 9.50. The van der Waals surface area contributed by atoms with Crippen molar-refractivity contribution in [3.8, 4) is 11.5 Å². The van der Waals surface area contributed by atoms with Crippen LogP contribution in [0.25, 0.3) is 0 Å². The summed E-state index contributed by atoms with van der Waals surface area (Å²) in [7, 11) is 0. The summed E-state index contributed by atoms with van der Waals surface area (Å²) in [6.07, 6.45) is 4.28. The van der Waals surface area contributed by atoms with Gasteiger partial charge in [0, 0.05) is 24.7 Å². The van der Waals surface area contributed by atoms with Crippen LogP contribution in [0.3, 0.4) is 0 Å². The number of nitrogens with one attached hydrogen (secondary N) is 2. The van der Waals surface area contributed by atoms with Crippen molar-refractivity contribution in [2.24, 2.45) is 0 Å². The van der Waals surface area contributed by atoms with Crippen molar-refractivity contribution in [1.29, 1.82) is 0 Å². The van der Waals surface area contributed by atoms with E-state index in [-0.39, 0.29) is 18.4 Å². The molecule has 0 spiro atoms. The maximum Gasteiger partial charge on any atom is 0.261 e. The van der Waals surface area contributed by atoms with Crippen LogP contribution in [0.15, 0.2) is 66.7 Å². The molecule has 1 saturated heterocycles. The van der Waals surface area contributed by atoms with E-state index in [9.17, 15) is 9.59 Å². The zero-order valence-electron chi connectivity index (χ0n) is 24.7. The summed E-state index contributed by atoms with van der Waals surface area (Å²) >= 11 is 5.96. The van der Waals surface area contributed by atoms with E-state index in [1.165, 1.54) is 5.56 Å². The Hall–Kier alpha value is -3.55. The lowest BCUT2D eigenvalue weighted by Crippen LogP contribution is -2.49. The number of carbonyl (C=O) groups excluding carboxylic acids is 2. The summed E-state index contributed by atoms with van der Waals surface area (Å²) < 4.78 is 11.7. The van der Waals surface area contributed by atoms with Crippen LogP contribution < -0.4 is 20.1 Å². The monoisotopic (exact) mass is 591 g/mol. The number of hydrogen-bond acceptors (Lipinski definition) is 5. The van der Waals surface area contributed by atoms with E-state index in [1.807, 2.05) is 73.7 Å². The van der Waals surface area contributed by atoms with Crippen molar-refractivity contribution in [2.45, 2.75) is 65.1 Å². The first-order valence-electron chi connectivity index (χ1n) is 14.9. The van der Waals surface area contributed by atoms with Gasteiger partial charge in [-0.25, -0.2) is 0 Å². The van der Waals surface area contributed by atoms with Crippen LogP contribution in [0, 0.1) is 6.92 Å². The van der Waals surface area contributed by atoms with Crippen LogP contribution in [0.2, 0.25) is 5.02 Å². The Morgan fingerprint density at radius 2 is 1.74 bits per heavy atom. The number of amides is 2. The molecule has 42 heavy (non-hydrogen) atoms. The van der Waals surface area contributed by atoms with E-state index in [0.717, 1.165) is 66.2 Å². The standard InChI is InChI=1S/C34H42ClN3O4/c1-3-20-41-32-16-11-28(21-25(32)2)23-38(31-6-4-5-18-37-34(31)40)33(39)24-42-30-14-9-27(10-15-30)22-36-19-17-26-7-12-29(35)13-8-26/h7-16,21,31,36H,3-6,17-20,22-24H2,1-2H3,(H,37,40). The van der Waals surface area contributed by atoms with Gasteiger partial charge in [-0.1, -0.05) is 54.9 Å². The topological polar surface area (TPSA) is 79.9 Å². The van der Waals surface area contributed by atoms with Crippen LogP contribution in [0.1, 0.15) is 54.9 Å². The maximum atomic E-state index is 13.5. The normalized spacial score (nSPS) is 15.0. The molecule has 0 aromatic heterocycles. The molecule has 4 rings (SSSR count). The van der Waals surface area contributed by atoms with Gasteiger partial charge in [-0.2, -0.15) is 0 Å². The van der Waals surface area contributed by atoms with Crippen molar-refractivity contribution in [1.82, 2.24) is 15.5 Å². The van der Waals surface area contributed by atoms with Gasteiger partial charge in [0.1, 0.15) is 17.5 Å². The van der Waals surface area contributed by atoms with Crippen LogP contribution in [-0.4, -0.2) is 49.1 Å². The van der Waals surface area contributed by atoms with Gasteiger partial charge in [0.15, 0.2) is 6.61 Å².